The molecule has 0 aliphatic rings. The van der Waals surface area contributed by atoms with Gasteiger partial charge in [0, 0.05) is 11.9 Å². The lowest BCUT2D eigenvalue weighted by atomic mass is 10.3. The molecule has 2 aromatic carbocycles. The summed E-state index contributed by atoms with van der Waals surface area (Å²) in [5.74, 6) is -1.68. The smallest absolute Gasteiger partial charge is 0.294 e. The van der Waals surface area contributed by atoms with Crippen LogP contribution in [0.4, 0.5) is 0 Å². The first kappa shape index (κ1) is 19.2. The van der Waals surface area contributed by atoms with Gasteiger partial charge in [0.2, 0.25) is 0 Å². The lowest BCUT2D eigenvalue weighted by molar-refractivity contribution is 0.0838. The number of hydrogen-bond donors (Lipinski definition) is 4. The molecule has 0 aliphatic heterocycles. The SMILES string of the molecule is O=C(NNC(=O)c1c[nH]c(=S)n1-c1ccccc1)c1nn(-c2ccccc2)cc1O. The van der Waals surface area contributed by atoms with Crippen molar-refractivity contribution < 1.29 is 14.7 Å². The molecule has 4 aromatic rings. The van der Waals surface area contributed by atoms with Crippen LogP contribution >= 0.6 is 12.2 Å². The number of hydrazine groups is 1. The number of aromatic nitrogens is 4. The Morgan fingerprint density at radius 2 is 1.53 bits per heavy atom. The molecule has 4 rings (SSSR count). The van der Waals surface area contributed by atoms with Crippen molar-refractivity contribution in [3.8, 4) is 17.1 Å². The van der Waals surface area contributed by atoms with Crippen LogP contribution in [0, 0.1) is 4.77 Å². The molecule has 0 bridgehead atoms. The van der Waals surface area contributed by atoms with Crippen LogP contribution in [0.5, 0.6) is 5.75 Å². The first-order valence-corrected chi connectivity index (χ1v) is 9.26. The van der Waals surface area contributed by atoms with Gasteiger partial charge in [0.05, 0.1) is 11.9 Å². The van der Waals surface area contributed by atoms with Crippen molar-refractivity contribution >= 4 is 24.0 Å². The highest BCUT2D eigenvalue weighted by Gasteiger charge is 2.19. The number of amides is 2. The van der Waals surface area contributed by atoms with Gasteiger partial charge in [-0.15, -0.1) is 0 Å². The maximum Gasteiger partial charge on any atom is 0.294 e. The fourth-order valence-electron chi connectivity index (χ4n) is 2.85. The summed E-state index contributed by atoms with van der Waals surface area (Å²) >= 11 is 5.25. The highest BCUT2D eigenvalue weighted by atomic mass is 32.1. The Balaban J connectivity index is 1.50. The minimum Gasteiger partial charge on any atom is -0.504 e. The van der Waals surface area contributed by atoms with E-state index in [1.807, 2.05) is 24.3 Å². The molecule has 4 N–H and O–H groups in total. The number of hydrogen-bond acceptors (Lipinski definition) is 5. The van der Waals surface area contributed by atoms with E-state index in [4.69, 9.17) is 12.2 Å². The predicted octanol–water partition coefficient (Wildman–Crippen LogP) is 2.50. The fourth-order valence-corrected chi connectivity index (χ4v) is 3.11. The third-order valence-corrected chi connectivity index (χ3v) is 4.54. The second-order valence-corrected chi connectivity index (χ2v) is 6.59. The van der Waals surface area contributed by atoms with Crippen molar-refractivity contribution in [2.24, 2.45) is 0 Å². The van der Waals surface area contributed by atoms with E-state index in [1.54, 1.807) is 41.0 Å². The van der Waals surface area contributed by atoms with Crippen molar-refractivity contribution in [2.75, 3.05) is 0 Å². The van der Waals surface area contributed by atoms with Gasteiger partial charge >= 0.3 is 0 Å². The van der Waals surface area contributed by atoms with E-state index in [-0.39, 0.29) is 17.1 Å². The summed E-state index contributed by atoms with van der Waals surface area (Å²) in [5, 5.41) is 14.1. The first-order valence-electron chi connectivity index (χ1n) is 8.85. The zero-order chi connectivity index (χ0) is 21.1. The summed E-state index contributed by atoms with van der Waals surface area (Å²) in [6.07, 6.45) is 2.75. The van der Waals surface area contributed by atoms with E-state index in [0.717, 1.165) is 0 Å². The van der Waals surface area contributed by atoms with E-state index < -0.39 is 11.8 Å². The number of aromatic hydroxyl groups is 1. The quantitative estimate of drug-likeness (QED) is 0.299. The summed E-state index contributed by atoms with van der Waals surface area (Å²) in [6, 6.07) is 18.1. The molecular weight excluding hydrogens is 404 g/mol. The Morgan fingerprint density at radius 1 is 0.933 bits per heavy atom. The van der Waals surface area contributed by atoms with Crippen LogP contribution in [0.25, 0.3) is 11.4 Å². The van der Waals surface area contributed by atoms with Crippen LogP contribution in [0.15, 0.2) is 73.1 Å². The fraction of sp³-hybridized carbons (Fsp3) is 0. The van der Waals surface area contributed by atoms with Crippen LogP contribution in [0.2, 0.25) is 0 Å². The van der Waals surface area contributed by atoms with Gasteiger partial charge in [-0.3, -0.25) is 25.0 Å². The molecule has 2 heterocycles. The molecule has 0 saturated carbocycles. The molecule has 150 valence electrons. The average Bonchev–Trinajstić information content (AvgIpc) is 3.36. The molecular formula is C20H16N6O3S. The van der Waals surface area contributed by atoms with E-state index in [0.29, 0.717) is 16.1 Å². The molecule has 9 nitrogen and oxygen atoms in total. The van der Waals surface area contributed by atoms with E-state index in [2.05, 4.69) is 20.9 Å². The Bertz CT molecular complexity index is 1260. The highest BCUT2D eigenvalue weighted by molar-refractivity contribution is 7.71. The minimum atomic E-state index is -0.768. The van der Waals surface area contributed by atoms with Crippen LogP contribution in [-0.4, -0.2) is 36.3 Å². The van der Waals surface area contributed by atoms with Crippen molar-refractivity contribution in [1.82, 2.24) is 30.2 Å². The highest BCUT2D eigenvalue weighted by Crippen LogP contribution is 2.18. The lowest BCUT2D eigenvalue weighted by Gasteiger charge is -2.09. The average molecular weight is 420 g/mol. The topological polar surface area (TPSA) is 117 Å². The van der Waals surface area contributed by atoms with Gasteiger partial charge in [-0.25, -0.2) is 4.68 Å². The number of rotatable bonds is 4. The largest absolute Gasteiger partial charge is 0.504 e. The van der Waals surface area contributed by atoms with Gasteiger partial charge in [0.25, 0.3) is 11.8 Å². The zero-order valence-corrected chi connectivity index (χ0v) is 16.3. The summed E-state index contributed by atoms with van der Waals surface area (Å²) in [6.45, 7) is 0. The maximum absolute atomic E-state index is 12.6. The first-order chi connectivity index (χ1) is 14.5. The number of para-hydroxylation sites is 2. The molecule has 0 unspecified atom stereocenters. The van der Waals surface area contributed by atoms with Crippen molar-refractivity contribution in [2.45, 2.75) is 0 Å². The van der Waals surface area contributed by atoms with Gasteiger partial charge in [-0.1, -0.05) is 36.4 Å². The van der Waals surface area contributed by atoms with Gasteiger partial charge in [-0.05, 0) is 36.5 Å². The Labute approximate surface area is 175 Å². The van der Waals surface area contributed by atoms with Gasteiger partial charge in [-0.2, -0.15) is 5.10 Å². The number of carbonyl (C=O) groups is 2. The van der Waals surface area contributed by atoms with Crippen molar-refractivity contribution in [3.05, 3.63) is 89.2 Å². The molecule has 30 heavy (non-hydrogen) atoms. The zero-order valence-electron chi connectivity index (χ0n) is 15.4. The van der Waals surface area contributed by atoms with Crippen molar-refractivity contribution in [1.29, 1.82) is 0 Å². The monoisotopic (exact) mass is 420 g/mol. The molecule has 2 amide bonds. The molecule has 0 atom stereocenters. The van der Waals surface area contributed by atoms with Crippen LogP contribution in [-0.2, 0) is 0 Å². The molecule has 10 heteroatoms. The second kappa shape index (κ2) is 8.05. The van der Waals surface area contributed by atoms with Gasteiger partial charge < -0.3 is 10.1 Å². The number of aromatic amines is 1. The number of benzene rings is 2. The number of nitrogens with zero attached hydrogens (tertiary/aromatic N) is 3. The summed E-state index contributed by atoms with van der Waals surface area (Å²) < 4.78 is 3.24. The molecule has 0 radical (unpaired) electrons. The van der Waals surface area contributed by atoms with Crippen LogP contribution < -0.4 is 10.9 Å². The number of carbonyl (C=O) groups excluding carboxylic acids is 2. The Morgan fingerprint density at radius 3 is 2.20 bits per heavy atom. The molecule has 0 aliphatic carbocycles. The number of H-pyrrole nitrogens is 1. The Hall–Kier alpha value is -4.18. The Kier molecular flexibility index (Phi) is 5.14. The second-order valence-electron chi connectivity index (χ2n) is 6.20. The van der Waals surface area contributed by atoms with Gasteiger partial charge in [0.1, 0.15) is 5.69 Å². The van der Waals surface area contributed by atoms with Crippen LogP contribution in [0.1, 0.15) is 21.0 Å². The van der Waals surface area contributed by atoms with Crippen LogP contribution in [0.3, 0.4) is 0 Å². The summed E-state index contributed by atoms with van der Waals surface area (Å²) in [4.78, 5) is 27.8. The van der Waals surface area contributed by atoms with E-state index in [1.165, 1.54) is 17.1 Å². The molecule has 0 spiro atoms. The molecule has 2 aromatic heterocycles. The maximum atomic E-state index is 12.6. The summed E-state index contributed by atoms with van der Waals surface area (Å²) in [7, 11) is 0. The number of nitrogens with one attached hydrogen (secondary N) is 3. The van der Waals surface area contributed by atoms with E-state index >= 15 is 0 Å². The van der Waals surface area contributed by atoms with Crippen molar-refractivity contribution in [3.63, 3.8) is 0 Å². The number of imidazole rings is 1. The third kappa shape index (κ3) is 3.71. The molecule has 0 fully saturated rings. The standard InChI is InChI=1S/C20H16N6O3S/c27-16-12-25(13-7-3-1-4-8-13)24-17(16)19(29)23-22-18(28)15-11-21-20(30)26(15)14-9-5-2-6-10-14/h1-12,27H,(H,21,30)(H,22,28)(H,23,29). The minimum absolute atomic E-state index is 0.200. The van der Waals surface area contributed by atoms with Gasteiger partial charge in [0.15, 0.2) is 16.2 Å². The van der Waals surface area contributed by atoms with E-state index in [9.17, 15) is 14.7 Å². The third-order valence-electron chi connectivity index (χ3n) is 4.24. The summed E-state index contributed by atoms with van der Waals surface area (Å²) in [5.41, 5.74) is 5.90. The lowest BCUT2D eigenvalue weighted by Crippen LogP contribution is -2.42. The molecule has 0 saturated heterocycles. The predicted molar refractivity (Wildman–Crippen MR) is 111 cm³/mol. The normalized spacial score (nSPS) is 10.5.